The number of halogens is 3. The minimum Gasteiger partial charge on any atom is -0.337 e. The van der Waals surface area contributed by atoms with Crippen LogP contribution in [0.5, 0.6) is 0 Å². The van der Waals surface area contributed by atoms with Crippen LogP contribution in [0.15, 0.2) is 22.7 Å². The smallest absolute Gasteiger partial charge is 0.243 e. The highest BCUT2D eigenvalue weighted by Gasteiger charge is 2.13. The van der Waals surface area contributed by atoms with Crippen molar-refractivity contribution >= 4 is 12.4 Å². The first-order valence-corrected chi connectivity index (χ1v) is 4.62. The molecule has 7 heteroatoms. The first kappa shape index (κ1) is 13.5. The Bertz CT molecular complexity index is 496. The molecule has 0 saturated heterocycles. The minimum atomic E-state index is -0.692. The molecule has 0 amide bonds. The van der Waals surface area contributed by atoms with Gasteiger partial charge in [-0.15, -0.1) is 12.4 Å². The second-order valence-corrected chi connectivity index (χ2v) is 3.40. The second-order valence-electron chi connectivity index (χ2n) is 3.40. The van der Waals surface area contributed by atoms with Crippen molar-refractivity contribution in [3.63, 3.8) is 0 Å². The van der Waals surface area contributed by atoms with Crippen molar-refractivity contribution in [2.75, 3.05) is 0 Å². The van der Waals surface area contributed by atoms with E-state index in [1.807, 2.05) is 0 Å². The maximum absolute atomic E-state index is 12.9. The Hall–Kier alpha value is -1.53. The lowest BCUT2D eigenvalue weighted by atomic mass is 10.2. The average molecular weight is 262 g/mol. The van der Waals surface area contributed by atoms with Crippen molar-refractivity contribution in [3.05, 3.63) is 35.7 Å². The highest BCUT2D eigenvalue weighted by molar-refractivity contribution is 5.85. The lowest BCUT2D eigenvalue weighted by molar-refractivity contribution is 0.362. The van der Waals surface area contributed by atoms with E-state index in [0.717, 1.165) is 18.2 Å². The van der Waals surface area contributed by atoms with Crippen molar-refractivity contribution in [3.8, 4) is 11.4 Å². The van der Waals surface area contributed by atoms with Gasteiger partial charge in [-0.05, 0) is 19.1 Å². The number of nitrogens with two attached hydrogens (primary N) is 1. The topological polar surface area (TPSA) is 64.9 Å². The molecule has 2 aromatic rings. The summed E-state index contributed by atoms with van der Waals surface area (Å²) in [6.45, 7) is 1.67. The van der Waals surface area contributed by atoms with Gasteiger partial charge in [0.2, 0.25) is 11.7 Å². The summed E-state index contributed by atoms with van der Waals surface area (Å²) in [6, 6.07) is 2.60. The first-order chi connectivity index (χ1) is 7.56. The Morgan fingerprint density at radius 2 is 1.82 bits per heavy atom. The van der Waals surface area contributed by atoms with Crippen LogP contribution in [0.25, 0.3) is 11.4 Å². The molecule has 1 heterocycles. The van der Waals surface area contributed by atoms with Crippen molar-refractivity contribution < 1.29 is 13.3 Å². The second kappa shape index (κ2) is 5.20. The summed E-state index contributed by atoms with van der Waals surface area (Å²) in [7, 11) is 0. The number of rotatable bonds is 2. The highest BCUT2D eigenvalue weighted by atomic mass is 35.5. The standard InChI is InChI=1S/C10H9F2N3O.ClH/c1-5(13)10-14-9(15-16-10)6-2-7(11)4-8(12)3-6;/h2-5H,13H2,1H3;1H/t5-;/m0./s1. The fourth-order valence-corrected chi connectivity index (χ4v) is 1.22. The van der Waals surface area contributed by atoms with Crippen molar-refractivity contribution in [1.82, 2.24) is 10.1 Å². The molecule has 2 rings (SSSR count). The molecule has 0 aliphatic heterocycles. The highest BCUT2D eigenvalue weighted by Crippen LogP contribution is 2.19. The fourth-order valence-electron chi connectivity index (χ4n) is 1.22. The van der Waals surface area contributed by atoms with E-state index in [2.05, 4.69) is 10.1 Å². The van der Waals surface area contributed by atoms with E-state index in [4.69, 9.17) is 10.3 Å². The molecule has 0 saturated carbocycles. The van der Waals surface area contributed by atoms with Crippen molar-refractivity contribution in [2.24, 2.45) is 5.73 Å². The van der Waals surface area contributed by atoms with Crippen LogP contribution in [0.1, 0.15) is 18.9 Å². The van der Waals surface area contributed by atoms with Gasteiger partial charge in [-0.3, -0.25) is 0 Å². The summed E-state index contributed by atoms with van der Waals surface area (Å²) >= 11 is 0. The van der Waals surface area contributed by atoms with Gasteiger partial charge < -0.3 is 10.3 Å². The molecule has 92 valence electrons. The summed E-state index contributed by atoms with van der Waals surface area (Å²) in [6.07, 6.45) is 0. The Morgan fingerprint density at radius 1 is 1.24 bits per heavy atom. The monoisotopic (exact) mass is 261 g/mol. The van der Waals surface area contributed by atoms with Gasteiger partial charge in [0.1, 0.15) is 11.6 Å². The van der Waals surface area contributed by atoms with Crippen LogP contribution >= 0.6 is 12.4 Å². The Labute approximate surface area is 102 Å². The summed E-state index contributed by atoms with van der Waals surface area (Å²) in [4.78, 5) is 3.93. The van der Waals surface area contributed by atoms with Gasteiger partial charge in [-0.25, -0.2) is 8.78 Å². The first-order valence-electron chi connectivity index (χ1n) is 4.62. The predicted octanol–water partition coefficient (Wildman–Crippen LogP) is 2.46. The summed E-state index contributed by atoms with van der Waals surface area (Å²) < 4.78 is 30.7. The van der Waals surface area contributed by atoms with Gasteiger partial charge in [0.15, 0.2) is 0 Å². The molecule has 2 N–H and O–H groups in total. The zero-order valence-corrected chi connectivity index (χ0v) is 9.67. The summed E-state index contributed by atoms with van der Waals surface area (Å²) in [5, 5.41) is 3.59. The van der Waals surface area contributed by atoms with Crippen LogP contribution in [0, 0.1) is 11.6 Å². The molecule has 0 unspecified atom stereocenters. The van der Waals surface area contributed by atoms with Crippen molar-refractivity contribution in [2.45, 2.75) is 13.0 Å². The normalized spacial score (nSPS) is 12.0. The molecular formula is C10H10ClF2N3O. The molecule has 0 fully saturated rings. The Balaban J connectivity index is 0.00000144. The van der Waals surface area contributed by atoms with E-state index >= 15 is 0 Å². The predicted molar refractivity (Wildman–Crippen MR) is 59.5 cm³/mol. The Kier molecular flexibility index (Phi) is 4.14. The lowest BCUT2D eigenvalue weighted by Crippen LogP contribution is -2.04. The molecule has 0 spiro atoms. The number of nitrogens with zero attached hydrogens (tertiary/aromatic N) is 2. The minimum absolute atomic E-state index is 0. The van der Waals surface area contributed by atoms with Crippen molar-refractivity contribution in [1.29, 1.82) is 0 Å². The molecule has 17 heavy (non-hydrogen) atoms. The number of hydrogen-bond acceptors (Lipinski definition) is 4. The molecule has 4 nitrogen and oxygen atoms in total. The average Bonchev–Trinajstić information content (AvgIpc) is 2.64. The molecule has 0 aliphatic carbocycles. The number of aromatic nitrogens is 2. The maximum atomic E-state index is 12.9. The molecule has 1 aromatic carbocycles. The van der Waals surface area contributed by atoms with Gasteiger partial charge in [0, 0.05) is 11.6 Å². The van der Waals surface area contributed by atoms with Gasteiger partial charge in [0.05, 0.1) is 6.04 Å². The SMILES string of the molecule is C[C@H](N)c1nc(-c2cc(F)cc(F)c2)no1.Cl. The molecular weight excluding hydrogens is 252 g/mol. The number of benzene rings is 1. The number of hydrogen-bond donors (Lipinski definition) is 1. The Morgan fingerprint density at radius 3 is 2.29 bits per heavy atom. The van der Waals surface area contributed by atoms with Crippen LogP contribution in [0.2, 0.25) is 0 Å². The molecule has 0 radical (unpaired) electrons. The fraction of sp³-hybridized carbons (Fsp3) is 0.200. The van der Waals surface area contributed by atoms with E-state index in [1.165, 1.54) is 0 Å². The molecule has 1 atom stereocenters. The zero-order chi connectivity index (χ0) is 11.7. The summed E-state index contributed by atoms with van der Waals surface area (Å²) in [5.74, 6) is -1.05. The van der Waals surface area contributed by atoms with Crippen LogP contribution < -0.4 is 5.73 Å². The quantitative estimate of drug-likeness (QED) is 0.902. The van der Waals surface area contributed by atoms with E-state index in [9.17, 15) is 8.78 Å². The lowest BCUT2D eigenvalue weighted by Gasteiger charge is -1.96. The summed E-state index contributed by atoms with van der Waals surface area (Å²) in [5.41, 5.74) is 5.74. The van der Waals surface area contributed by atoms with E-state index in [1.54, 1.807) is 6.92 Å². The molecule has 1 aromatic heterocycles. The van der Waals surface area contributed by atoms with Gasteiger partial charge in [-0.2, -0.15) is 4.98 Å². The largest absolute Gasteiger partial charge is 0.337 e. The van der Waals surface area contributed by atoms with Gasteiger partial charge in [-0.1, -0.05) is 5.16 Å². The van der Waals surface area contributed by atoms with Crippen LogP contribution in [0.4, 0.5) is 8.78 Å². The maximum Gasteiger partial charge on any atom is 0.243 e. The zero-order valence-electron chi connectivity index (χ0n) is 8.85. The van der Waals surface area contributed by atoms with Gasteiger partial charge in [0.25, 0.3) is 0 Å². The van der Waals surface area contributed by atoms with Crippen LogP contribution in [-0.4, -0.2) is 10.1 Å². The third-order valence-corrected chi connectivity index (χ3v) is 1.95. The van der Waals surface area contributed by atoms with Crippen LogP contribution in [0.3, 0.4) is 0 Å². The van der Waals surface area contributed by atoms with E-state index in [-0.39, 0.29) is 29.7 Å². The van der Waals surface area contributed by atoms with Crippen LogP contribution in [-0.2, 0) is 0 Å². The molecule has 0 bridgehead atoms. The molecule has 0 aliphatic rings. The third kappa shape index (κ3) is 2.98. The van der Waals surface area contributed by atoms with E-state index in [0.29, 0.717) is 0 Å². The van der Waals surface area contributed by atoms with Gasteiger partial charge >= 0.3 is 0 Å². The van der Waals surface area contributed by atoms with E-state index < -0.39 is 17.7 Å². The third-order valence-electron chi connectivity index (χ3n) is 1.95.